The zero-order valence-electron chi connectivity index (χ0n) is 12.3. The maximum absolute atomic E-state index is 12.1. The van der Waals surface area contributed by atoms with Gasteiger partial charge in [0.15, 0.2) is 11.5 Å². The van der Waals surface area contributed by atoms with Crippen LogP contribution >= 0.6 is 0 Å². The fourth-order valence-corrected chi connectivity index (χ4v) is 2.53. The Bertz CT molecular complexity index is 834. The predicted molar refractivity (Wildman–Crippen MR) is 82.3 cm³/mol. The Kier molecular flexibility index (Phi) is 3.21. The highest BCUT2D eigenvalue weighted by Crippen LogP contribution is 2.21. The quantitative estimate of drug-likeness (QED) is 0.727. The van der Waals surface area contributed by atoms with Crippen molar-refractivity contribution in [2.24, 2.45) is 14.1 Å². The van der Waals surface area contributed by atoms with Crippen molar-refractivity contribution in [3.8, 4) is 0 Å². The summed E-state index contributed by atoms with van der Waals surface area (Å²) in [5.74, 6) is 0.754. The molecule has 108 valence electrons. The molecule has 2 aromatic heterocycles. The Balaban J connectivity index is 2.08. The number of nitrogens with zero attached hydrogens (tertiary/aromatic N) is 5. The molecule has 0 aliphatic rings. The number of aromatic nitrogens is 4. The van der Waals surface area contributed by atoms with E-state index in [-0.39, 0.29) is 5.69 Å². The highest BCUT2D eigenvalue weighted by atomic mass is 16.1. The first-order valence-corrected chi connectivity index (χ1v) is 6.71. The molecule has 0 saturated heterocycles. The standard InChI is InChI=1S/C15H17N5O/c1-18(9-11-7-5-4-6-8-11)13-12-14(17-10-16-13)20(3)15(21)19(12)2/h4-8,10H,9H2,1-3H3. The van der Waals surface area contributed by atoms with Gasteiger partial charge in [-0.2, -0.15) is 0 Å². The molecule has 6 nitrogen and oxygen atoms in total. The highest BCUT2D eigenvalue weighted by Gasteiger charge is 2.16. The molecule has 3 aromatic rings. The summed E-state index contributed by atoms with van der Waals surface area (Å²) in [5, 5.41) is 0. The topological polar surface area (TPSA) is 56.0 Å². The van der Waals surface area contributed by atoms with Crippen LogP contribution in [0.4, 0.5) is 5.82 Å². The maximum atomic E-state index is 12.1. The van der Waals surface area contributed by atoms with Gasteiger partial charge in [0.05, 0.1) is 0 Å². The summed E-state index contributed by atoms with van der Waals surface area (Å²) in [6, 6.07) is 10.2. The van der Waals surface area contributed by atoms with Gasteiger partial charge in [0, 0.05) is 27.7 Å². The Morgan fingerprint density at radius 2 is 1.81 bits per heavy atom. The molecule has 6 heteroatoms. The first-order valence-electron chi connectivity index (χ1n) is 6.71. The molecule has 1 aromatic carbocycles. The lowest BCUT2D eigenvalue weighted by atomic mass is 10.2. The molecule has 0 radical (unpaired) electrons. The molecule has 2 heterocycles. The Morgan fingerprint density at radius 3 is 2.52 bits per heavy atom. The molecule has 0 aliphatic heterocycles. The number of anilines is 1. The van der Waals surface area contributed by atoms with Gasteiger partial charge >= 0.3 is 5.69 Å². The van der Waals surface area contributed by atoms with E-state index in [0.29, 0.717) is 5.65 Å². The monoisotopic (exact) mass is 283 g/mol. The van der Waals surface area contributed by atoms with Crippen molar-refractivity contribution in [1.82, 2.24) is 19.1 Å². The van der Waals surface area contributed by atoms with Gasteiger partial charge in [-0.25, -0.2) is 14.8 Å². The van der Waals surface area contributed by atoms with Crippen molar-refractivity contribution in [1.29, 1.82) is 0 Å². The number of hydrogen-bond donors (Lipinski definition) is 0. The smallest absolute Gasteiger partial charge is 0.329 e. The third-order valence-corrected chi connectivity index (χ3v) is 3.63. The third kappa shape index (κ3) is 2.18. The molecule has 3 rings (SSSR count). The third-order valence-electron chi connectivity index (χ3n) is 3.63. The van der Waals surface area contributed by atoms with E-state index in [9.17, 15) is 4.79 Å². The minimum Gasteiger partial charge on any atom is -0.353 e. The molecule has 21 heavy (non-hydrogen) atoms. The van der Waals surface area contributed by atoms with Crippen LogP contribution in [0.1, 0.15) is 5.56 Å². The number of fused-ring (bicyclic) bond motifs is 1. The van der Waals surface area contributed by atoms with Crippen LogP contribution in [0.3, 0.4) is 0 Å². The van der Waals surface area contributed by atoms with Crippen molar-refractivity contribution in [3.05, 3.63) is 52.7 Å². The summed E-state index contributed by atoms with van der Waals surface area (Å²) in [7, 11) is 5.43. The van der Waals surface area contributed by atoms with E-state index in [0.717, 1.165) is 17.9 Å². The van der Waals surface area contributed by atoms with Crippen LogP contribution in [0.2, 0.25) is 0 Å². The zero-order valence-corrected chi connectivity index (χ0v) is 12.3. The van der Waals surface area contributed by atoms with Crippen LogP contribution in [-0.2, 0) is 20.6 Å². The molecule has 0 fully saturated rings. The molecule has 0 amide bonds. The van der Waals surface area contributed by atoms with Crippen LogP contribution in [0.15, 0.2) is 41.5 Å². The lowest BCUT2D eigenvalue weighted by Crippen LogP contribution is -2.21. The maximum Gasteiger partial charge on any atom is 0.329 e. The van der Waals surface area contributed by atoms with Gasteiger partial charge < -0.3 is 4.90 Å². The van der Waals surface area contributed by atoms with Gasteiger partial charge in [-0.05, 0) is 5.56 Å². The number of benzene rings is 1. The van der Waals surface area contributed by atoms with E-state index in [1.165, 1.54) is 16.5 Å². The van der Waals surface area contributed by atoms with Crippen molar-refractivity contribution in [2.45, 2.75) is 6.54 Å². The van der Waals surface area contributed by atoms with Crippen molar-refractivity contribution in [3.63, 3.8) is 0 Å². The van der Waals surface area contributed by atoms with Crippen LogP contribution in [0, 0.1) is 0 Å². The normalized spacial score (nSPS) is 11.0. The van der Waals surface area contributed by atoms with Gasteiger partial charge in [0.1, 0.15) is 11.8 Å². The van der Waals surface area contributed by atoms with Crippen LogP contribution in [0.25, 0.3) is 11.2 Å². The summed E-state index contributed by atoms with van der Waals surface area (Å²) >= 11 is 0. The summed E-state index contributed by atoms with van der Waals surface area (Å²) in [6.07, 6.45) is 1.50. The second-order valence-electron chi connectivity index (χ2n) is 5.11. The number of aryl methyl sites for hydroxylation is 2. The molecule has 0 spiro atoms. The second-order valence-corrected chi connectivity index (χ2v) is 5.11. The summed E-state index contributed by atoms with van der Waals surface area (Å²) in [6.45, 7) is 0.718. The molecular weight excluding hydrogens is 266 g/mol. The average Bonchev–Trinajstić information content (AvgIpc) is 2.73. The summed E-state index contributed by atoms with van der Waals surface area (Å²) < 4.78 is 3.13. The largest absolute Gasteiger partial charge is 0.353 e. The SMILES string of the molecule is CN(Cc1ccccc1)c1ncnc2c1n(C)c(=O)n2C. The van der Waals surface area contributed by atoms with Crippen LogP contribution in [-0.4, -0.2) is 26.1 Å². The highest BCUT2D eigenvalue weighted by molar-refractivity contribution is 5.83. The van der Waals surface area contributed by atoms with Crippen molar-refractivity contribution >= 4 is 17.0 Å². The number of imidazole rings is 1. The minimum atomic E-state index is -0.0974. The number of rotatable bonds is 3. The predicted octanol–water partition coefficient (Wildman–Crippen LogP) is 1.30. The van der Waals surface area contributed by atoms with Crippen molar-refractivity contribution < 1.29 is 0 Å². The molecule has 0 N–H and O–H groups in total. The van der Waals surface area contributed by atoms with Gasteiger partial charge in [-0.1, -0.05) is 30.3 Å². The molecule has 0 aliphatic carbocycles. The molecule has 0 unspecified atom stereocenters. The first-order chi connectivity index (χ1) is 10.1. The molecular formula is C15H17N5O. The van der Waals surface area contributed by atoms with Crippen LogP contribution in [0.5, 0.6) is 0 Å². The zero-order chi connectivity index (χ0) is 15.0. The lowest BCUT2D eigenvalue weighted by molar-refractivity contribution is 0.790. The Labute approximate surface area is 122 Å². The summed E-state index contributed by atoms with van der Waals surface area (Å²) in [5.41, 5.74) is 2.49. The van der Waals surface area contributed by atoms with E-state index in [4.69, 9.17) is 0 Å². The first kappa shape index (κ1) is 13.4. The van der Waals surface area contributed by atoms with Crippen LogP contribution < -0.4 is 10.6 Å². The van der Waals surface area contributed by atoms with E-state index < -0.39 is 0 Å². The second kappa shape index (κ2) is 5.05. The number of hydrogen-bond acceptors (Lipinski definition) is 4. The van der Waals surface area contributed by atoms with E-state index in [1.807, 2.05) is 30.1 Å². The van der Waals surface area contributed by atoms with Gasteiger partial charge in [-0.15, -0.1) is 0 Å². The minimum absolute atomic E-state index is 0.0974. The average molecular weight is 283 g/mol. The molecule has 0 atom stereocenters. The lowest BCUT2D eigenvalue weighted by Gasteiger charge is -2.19. The van der Waals surface area contributed by atoms with Gasteiger partial charge in [0.2, 0.25) is 0 Å². The van der Waals surface area contributed by atoms with E-state index >= 15 is 0 Å². The van der Waals surface area contributed by atoms with Crippen molar-refractivity contribution in [2.75, 3.05) is 11.9 Å². The van der Waals surface area contributed by atoms with Gasteiger partial charge in [0.25, 0.3) is 0 Å². The molecule has 0 bridgehead atoms. The summed E-state index contributed by atoms with van der Waals surface area (Å²) in [4.78, 5) is 22.7. The van der Waals surface area contributed by atoms with Gasteiger partial charge in [-0.3, -0.25) is 9.13 Å². The molecule has 0 saturated carbocycles. The Morgan fingerprint density at radius 1 is 1.10 bits per heavy atom. The van der Waals surface area contributed by atoms with E-state index in [2.05, 4.69) is 22.1 Å². The fourth-order valence-electron chi connectivity index (χ4n) is 2.53. The fraction of sp³-hybridized carbons (Fsp3) is 0.267. The van der Waals surface area contributed by atoms with E-state index in [1.54, 1.807) is 18.7 Å². The Hall–Kier alpha value is -2.63.